The predicted octanol–water partition coefficient (Wildman–Crippen LogP) is 18.4. The zero-order valence-corrected chi connectivity index (χ0v) is 36.9. The van der Waals surface area contributed by atoms with Gasteiger partial charge in [-0.3, -0.25) is 0 Å². The Kier molecular flexibility index (Phi) is 8.97. The summed E-state index contributed by atoms with van der Waals surface area (Å²) in [7, 11) is 0. The van der Waals surface area contributed by atoms with Gasteiger partial charge in [0, 0.05) is 63.2 Å². The van der Waals surface area contributed by atoms with Gasteiger partial charge < -0.3 is 4.57 Å². The molecule has 3 aromatic heterocycles. The monoisotopic (exact) mass is 861 g/mol. The molecule has 0 atom stereocenters. The van der Waals surface area contributed by atoms with Gasteiger partial charge in [-0.2, -0.15) is 0 Å². The molecule has 0 aliphatic carbocycles. The minimum atomic E-state index is 1.13. The van der Waals surface area contributed by atoms with Crippen molar-refractivity contribution in [1.29, 1.82) is 0 Å². The van der Waals surface area contributed by atoms with E-state index in [1.165, 1.54) is 118 Å². The normalized spacial score (nSPS) is 11.7. The number of hydrogen-bond donors (Lipinski definition) is 0. The first kappa shape index (κ1) is 37.7. The fourth-order valence-electron chi connectivity index (χ4n) is 9.71. The number of benzene rings is 10. The van der Waals surface area contributed by atoms with E-state index in [2.05, 4.69) is 241 Å². The van der Waals surface area contributed by atoms with Crippen molar-refractivity contribution in [1.82, 2.24) is 4.57 Å². The Balaban J connectivity index is 1.01. The largest absolute Gasteiger partial charge is 0.316 e. The molecule has 304 valence electrons. The third-order valence-corrected chi connectivity index (χ3v) is 15.4. The zero-order chi connectivity index (χ0) is 42.8. The summed E-state index contributed by atoms with van der Waals surface area (Å²) < 4.78 is 7.68. The molecule has 10 aromatic carbocycles. The molecule has 13 aromatic rings. The summed E-state index contributed by atoms with van der Waals surface area (Å²) in [6.07, 6.45) is 2.36. The van der Waals surface area contributed by atoms with Crippen LogP contribution in [-0.2, 0) is 0 Å². The van der Waals surface area contributed by atoms with E-state index >= 15 is 0 Å². The van der Waals surface area contributed by atoms with E-state index in [0.29, 0.717) is 0 Å². The van der Waals surface area contributed by atoms with E-state index in [1.807, 2.05) is 22.7 Å². The van der Waals surface area contributed by atoms with Crippen molar-refractivity contribution in [3.8, 4) is 72.4 Å². The van der Waals surface area contributed by atoms with Crippen LogP contribution >= 0.6 is 22.7 Å². The van der Waals surface area contributed by atoms with E-state index in [1.54, 1.807) is 0 Å². The average molecular weight is 862 g/mol. The van der Waals surface area contributed by atoms with Gasteiger partial charge in [-0.1, -0.05) is 164 Å². The number of rotatable bonds is 7. The average Bonchev–Trinajstić information content (AvgIpc) is 4.08. The van der Waals surface area contributed by atoms with Crippen LogP contribution in [-0.4, -0.2) is 4.57 Å². The van der Waals surface area contributed by atoms with Gasteiger partial charge in [0.1, 0.15) is 0 Å². The highest BCUT2D eigenvalue weighted by molar-refractivity contribution is 7.26. The zero-order valence-electron chi connectivity index (χ0n) is 35.3. The minimum Gasteiger partial charge on any atom is -0.316 e. The summed E-state index contributed by atoms with van der Waals surface area (Å²) in [5.74, 6) is 0. The first-order valence-corrected chi connectivity index (χ1v) is 23.8. The molecule has 0 aliphatic heterocycles. The van der Waals surface area contributed by atoms with Gasteiger partial charge in [-0.15, -0.1) is 22.7 Å². The van der Waals surface area contributed by atoms with Crippen LogP contribution in [0, 0.1) is 0 Å². The van der Waals surface area contributed by atoms with Crippen molar-refractivity contribution in [3.05, 3.63) is 237 Å². The Morgan fingerprint density at radius 1 is 0.246 bits per heavy atom. The van der Waals surface area contributed by atoms with Crippen LogP contribution in [0.4, 0.5) is 0 Å². The van der Waals surface area contributed by atoms with Crippen LogP contribution in [0.5, 0.6) is 0 Å². The van der Waals surface area contributed by atoms with Crippen molar-refractivity contribution in [2.75, 3.05) is 0 Å². The molecule has 3 heterocycles. The highest BCUT2D eigenvalue weighted by atomic mass is 32.1. The minimum absolute atomic E-state index is 1.13. The molecule has 0 aliphatic rings. The summed E-state index contributed by atoms with van der Waals surface area (Å²) in [5, 5.41) is 6.44. The molecule has 3 heteroatoms. The SMILES string of the molecule is c1ccc(-c2ccc(-c3ccc4c(c3)c(-c3ccc(-c5ccccc5)cc3)cn4-c3cc(-c4ccc5sc6ccccc6c5c4)cc(-c4ccc5sc6ccccc6c5c4)c3)cc2)cc1. The number of nitrogens with zero attached hydrogens (tertiary/aromatic N) is 1. The van der Waals surface area contributed by atoms with Crippen LogP contribution in [0.15, 0.2) is 237 Å². The lowest BCUT2D eigenvalue weighted by Crippen LogP contribution is -1.94. The topological polar surface area (TPSA) is 4.93 Å². The number of aromatic nitrogens is 1. The molecule has 0 saturated carbocycles. The second kappa shape index (κ2) is 15.5. The third-order valence-electron chi connectivity index (χ3n) is 13.0. The van der Waals surface area contributed by atoms with Crippen molar-refractivity contribution in [2.24, 2.45) is 0 Å². The maximum atomic E-state index is 2.42. The van der Waals surface area contributed by atoms with Gasteiger partial charge in [-0.05, 0) is 128 Å². The van der Waals surface area contributed by atoms with Crippen LogP contribution in [0.3, 0.4) is 0 Å². The Labute approximate surface area is 385 Å². The van der Waals surface area contributed by atoms with Crippen molar-refractivity contribution in [2.45, 2.75) is 0 Å². The lowest BCUT2D eigenvalue weighted by Gasteiger charge is -2.14. The third kappa shape index (κ3) is 6.68. The van der Waals surface area contributed by atoms with E-state index in [-0.39, 0.29) is 0 Å². The molecule has 0 spiro atoms. The summed E-state index contributed by atoms with van der Waals surface area (Å²) in [4.78, 5) is 0. The predicted molar refractivity (Wildman–Crippen MR) is 282 cm³/mol. The van der Waals surface area contributed by atoms with Gasteiger partial charge in [0.2, 0.25) is 0 Å². The van der Waals surface area contributed by atoms with Crippen LogP contribution in [0.1, 0.15) is 0 Å². The maximum absolute atomic E-state index is 2.42. The Morgan fingerprint density at radius 3 is 1.17 bits per heavy atom. The molecule has 0 radical (unpaired) electrons. The molecular weight excluding hydrogens is 823 g/mol. The summed E-state index contributed by atoms with van der Waals surface area (Å²) in [6.45, 7) is 0. The first-order valence-electron chi connectivity index (χ1n) is 22.1. The van der Waals surface area contributed by atoms with Gasteiger partial charge in [-0.25, -0.2) is 0 Å². The van der Waals surface area contributed by atoms with E-state index < -0.39 is 0 Å². The molecule has 13 rings (SSSR count). The smallest absolute Gasteiger partial charge is 0.0535 e. The summed E-state index contributed by atoms with van der Waals surface area (Å²) >= 11 is 3.73. The van der Waals surface area contributed by atoms with E-state index in [4.69, 9.17) is 0 Å². The number of thiophene rings is 2. The fourth-order valence-corrected chi connectivity index (χ4v) is 11.9. The van der Waals surface area contributed by atoms with Crippen LogP contribution in [0.25, 0.3) is 124 Å². The Bertz CT molecular complexity index is 3780. The maximum Gasteiger partial charge on any atom is 0.0535 e. The van der Waals surface area contributed by atoms with Crippen molar-refractivity contribution < 1.29 is 0 Å². The van der Waals surface area contributed by atoms with E-state index in [9.17, 15) is 0 Å². The molecule has 0 fully saturated rings. The van der Waals surface area contributed by atoms with Gasteiger partial charge in [0.05, 0.1) is 5.52 Å². The fraction of sp³-hybridized carbons (Fsp3) is 0. The van der Waals surface area contributed by atoms with Gasteiger partial charge in [0.25, 0.3) is 0 Å². The first-order chi connectivity index (χ1) is 32.2. The second-order valence-corrected chi connectivity index (χ2v) is 19.1. The van der Waals surface area contributed by atoms with Crippen LogP contribution < -0.4 is 0 Å². The molecule has 0 bridgehead atoms. The summed E-state index contributed by atoms with van der Waals surface area (Å²) in [6, 6.07) is 85.1. The summed E-state index contributed by atoms with van der Waals surface area (Å²) in [5.41, 5.74) is 16.7. The number of hydrogen-bond acceptors (Lipinski definition) is 2. The van der Waals surface area contributed by atoms with Crippen LogP contribution in [0.2, 0.25) is 0 Å². The molecule has 0 amide bonds. The van der Waals surface area contributed by atoms with Gasteiger partial charge >= 0.3 is 0 Å². The Hall–Kier alpha value is -7.82. The molecule has 0 N–H and O–H groups in total. The highest BCUT2D eigenvalue weighted by Crippen LogP contribution is 2.42. The lowest BCUT2D eigenvalue weighted by atomic mass is 9.96. The molecular formula is C62H39NS2. The molecule has 0 unspecified atom stereocenters. The quantitative estimate of drug-likeness (QED) is 0.150. The second-order valence-electron chi connectivity index (χ2n) is 16.9. The van der Waals surface area contributed by atoms with E-state index in [0.717, 1.165) is 5.69 Å². The Morgan fingerprint density at radius 2 is 0.631 bits per heavy atom. The van der Waals surface area contributed by atoms with Gasteiger partial charge in [0.15, 0.2) is 0 Å². The highest BCUT2D eigenvalue weighted by Gasteiger charge is 2.17. The van der Waals surface area contributed by atoms with Crippen molar-refractivity contribution >= 4 is 73.9 Å². The molecule has 1 nitrogen and oxygen atoms in total. The van der Waals surface area contributed by atoms with Crippen molar-refractivity contribution in [3.63, 3.8) is 0 Å². The molecule has 0 saturated heterocycles. The standard InChI is InChI=1S/C62H39NS2/c1-3-11-40(12-4-1)42-19-21-44(22-20-42)46-27-30-58-54(36-46)57(45-25-23-43(24-26-45)41-13-5-2-6-14-41)39-63(58)51-34-49(47-28-31-61-55(37-47)52-15-7-9-17-59(52)64-61)33-50(35-51)48-29-32-62-56(38-48)53-16-8-10-18-60(53)65-62/h1-39H. The molecule has 65 heavy (non-hydrogen) atoms. The lowest BCUT2D eigenvalue weighted by molar-refractivity contribution is 1.13. The number of fused-ring (bicyclic) bond motifs is 7.